The van der Waals surface area contributed by atoms with Gasteiger partial charge in [0.1, 0.15) is 12.1 Å². The number of likely N-dealkylation sites (tertiary alicyclic amines) is 1. The highest BCUT2D eigenvalue weighted by Gasteiger charge is 2.32. The fourth-order valence-corrected chi connectivity index (χ4v) is 2.98. The highest BCUT2D eigenvalue weighted by Crippen LogP contribution is 2.19. The van der Waals surface area contributed by atoms with Crippen LogP contribution in [0.2, 0.25) is 0 Å². The molecule has 0 radical (unpaired) electrons. The van der Waals surface area contributed by atoms with Crippen LogP contribution in [-0.4, -0.2) is 60.4 Å². The van der Waals surface area contributed by atoms with Crippen LogP contribution in [0.3, 0.4) is 0 Å². The van der Waals surface area contributed by atoms with Crippen molar-refractivity contribution in [3.05, 3.63) is 0 Å². The second kappa shape index (κ2) is 6.68. The van der Waals surface area contributed by atoms with E-state index >= 15 is 0 Å². The number of carbonyl (C=O) groups is 1. The molecule has 2 saturated heterocycles. The summed E-state index contributed by atoms with van der Waals surface area (Å²) in [6, 6.07) is -0.106. The van der Waals surface area contributed by atoms with Crippen molar-refractivity contribution in [2.45, 2.75) is 51.4 Å². The Hall–Kier alpha value is -0.650. The Morgan fingerprint density at radius 3 is 2.68 bits per heavy atom. The third-order valence-corrected chi connectivity index (χ3v) is 4.05. The van der Waals surface area contributed by atoms with Crippen LogP contribution in [0.4, 0.5) is 0 Å². The summed E-state index contributed by atoms with van der Waals surface area (Å²) >= 11 is 0. The van der Waals surface area contributed by atoms with E-state index in [-0.39, 0.29) is 24.2 Å². The third-order valence-electron chi connectivity index (χ3n) is 4.05. The fraction of sp³-hybridized carbons (Fsp3) is 0.929. The lowest BCUT2D eigenvalue weighted by Crippen LogP contribution is -2.42. The van der Waals surface area contributed by atoms with Gasteiger partial charge in [0.15, 0.2) is 0 Å². The lowest BCUT2D eigenvalue weighted by atomic mass is 9.96. The van der Waals surface area contributed by atoms with E-state index < -0.39 is 0 Å². The van der Waals surface area contributed by atoms with Crippen molar-refractivity contribution in [1.29, 1.82) is 0 Å². The van der Waals surface area contributed by atoms with Gasteiger partial charge in [0.2, 0.25) is 0 Å². The lowest BCUT2D eigenvalue weighted by Gasteiger charge is -2.33. The lowest BCUT2D eigenvalue weighted by molar-refractivity contribution is -0.142. The molecule has 2 heterocycles. The molecule has 0 amide bonds. The Morgan fingerprint density at radius 2 is 2.16 bits per heavy atom. The minimum absolute atomic E-state index is 0.0536. The molecule has 19 heavy (non-hydrogen) atoms. The van der Waals surface area contributed by atoms with Gasteiger partial charge in [0.25, 0.3) is 0 Å². The smallest absolute Gasteiger partial charge is 0.323 e. The van der Waals surface area contributed by atoms with E-state index in [1.54, 1.807) is 0 Å². The van der Waals surface area contributed by atoms with Crippen LogP contribution in [0, 0.1) is 5.92 Å². The van der Waals surface area contributed by atoms with Crippen molar-refractivity contribution in [1.82, 2.24) is 10.2 Å². The maximum Gasteiger partial charge on any atom is 0.323 e. The van der Waals surface area contributed by atoms with Gasteiger partial charge in [-0.25, -0.2) is 0 Å². The van der Waals surface area contributed by atoms with Gasteiger partial charge in [-0.2, -0.15) is 0 Å². The molecule has 2 aliphatic heterocycles. The van der Waals surface area contributed by atoms with E-state index in [2.05, 4.69) is 10.2 Å². The Balaban J connectivity index is 1.64. The first kappa shape index (κ1) is 14.8. The zero-order valence-electron chi connectivity index (χ0n) is 12.0. The van der Waals surface area contributed by atoms with Gasteiger partial charge >= 0.3 is 5.97 Å². The van der Waals surface area contributed by atoms with Gasteiger partial charge in [-0.05, 0) is 52.2 Å². The Morgan fingerprint density at radius 1 is 1.47 bits per heavy atom. The van der Waals surface area contributed by atoms with Gasteiger partial charge in [-0.1, -0.05) is 0 Å². The van der Waals surface area contributed by atoms with E-state index in [1.807, 2.05) is 13.8 Å². The number of aliphatic hydroxyl groups excluding tert-OH is 1. The number of cyclic esters (lactones) is 1. The Bertz CT molecular complexity index is 301. The second-order valence-electron chi connectivity index (χ2n) is 6.04. The number of piperidine rings is 1. The largest absolute Gasteiger partial charge is 0.461 e. The van der Waals surface area contributed by atoms with Gasteiger partial charge in [-0.3, -0.25) is 4.79 Å². The molecule has 0 spiro atoms. The van der Waals surface area contributed by atoms with Crippen molar-refractivity contribution < 1.29 is 14.6 Å². The highest BCUT2D eigenvalue weighted by molar-refractivity contribution is 5.77. The number of rotatable bonds is 5. The van der Waals surface area contributed by atoms with Gasteiger partial charge in [-0.15, -0.1) is 0 Å². The van der Waals surface area contributed by atoms with Crippen molar-refractivity contribution in [2.24, 2.45) is 5.92 Å². The number of aliphatic hydroxyl groups is 1. The Kier molecular flexibility index (Phi) is 5.19. The standard InChI is InChI=1S/C14H26N2O3/c1-10(17)9-16-5-3-12(4-6-16)8-15-13-7-11(2)19-14(13)18/h10-13,15,17H,3-9H2,1-2H3/t10-,11-,13-/m0/s1. The normalized spacial score (nSPS) is 31.4. The van der Waals surface area contributed by atoms with E-state index in [9.17, 15) is 9.90 Å². The van der Waals surface area contributed by atoms with Crippen LogP contribution in [0.25, 0.3) is 0 Å². The molecule has 2 fully saturated rings. The zero-order chi connectivity index (χ0) is 13.8. The summed E-state index contributed by atoms with van der Waals surface area (Å²) in [6.45, 7) is 7.53. The minimum atomic E-state index is -0.246. The number of hydrogen-bond donors (Lipinski definition) is 2. The summed E-state index contributed by atoms with van der Waals surface area (Å²) in [6.07, 6.45) is 2.87. The molecule has 0 aliphatic carbocycles. The summed E-state index contributed by atoms with van der Waals surface area (Å²) in [5.74, 6) is 0.535. The van der Waals surface area contributed by atoms with Crippen molar-refractivity contribution >= 4 is 5.97 Å². The molecular formula is C14H26N2O3. The minimum Gasteiger partial charge on any atom is -0.461 e. The molecule has 5 nitrogen and oxygen atoms in total. The molecule has 0 unspecified atom stereocenters. The third kappa shape index (κ3) is 4.44. The topological polar surface area (TPSA) is 61.8 Å². The van der Waals surface area contributed by atoms with Crippen LogP contribution in [-0.2, 0) is 9.53 Å². The number of esters is 1. The quantitative estimate of drug-likeness (QED) is 0.707. The first-order valence-corrected chi connectivity index (χ1v) is 7.39. The SMILES string of the molecule is C[C@H](O)CN1CCC(CN[C@H]2C[C@H](C)OC2=O)CC1. The average Bonchev–Trinajstić information content (AvgIpc) is 2.66. The van der Waals surface area contributed by atoms with E-state index in [4.69, 9.17) is 4.74 Å². The number of hydrogen-bond acceptors (Lipinski definition) is 5. The maximum absolute atomic E-state index is 11.5. The van der Waals surface area contributed by atoms with Gasteiger partial charge < -0.3 is 20.1 Å². The molecule has 0 aromatic carbocycles. The molecule has 0 aromatic heterocycles. The second-order valence-corrected chi connectivity index (χ2v) is 6.04. The summed E-state index contributed by atoms with van der Waals surface area (Å²) in [5, 5.41) is 12.7. The molecule has 2 rings (SSSR count). The number of ether oxygens (including phenoxy) is 1. The summed E-state index contributed by atoms with van der Waals surface area (Å²) < 4.78 is 5.14. The first-order valence-electron chi connectivity index (χ1n) is 7.39. The molecule has 5 heteroatoms. The van der Waals surface area contributed by atoms with Crippen LogP contribution in [0.5, 0.6) is 0 Å². The first-order chi connectivity index (χ1) is 9.04. The maximum atomic E-state index is 11.5. The monoisotopic (exact) mass is 270 g/mol. The number of nitrogens with zero attached hydrogens (tertiary/aromatic N) is 1. The predicted molar refractivity (Wildman–Crippen MR) is 72.8 cm³/mol. The van der Waals surface area contributed by atoms with Crippen LogP contribution in [0.1, 0.15) is 33.1 Å². The molecule has 0 saturated carbocycles. The summed E-state index contributed by atoms with van der Waals surface area (Å²) in [4.78, 5) is 13.8. The molecule has 2 N–H and O–H groups in total. The van der Waals surface area contributed by atoms with Gasteiger partial charge in [0.05, 0.1) is 6.10 Å². The van der Waals surface area contributed by atoms with E-state index in [1.165, 1.54) is 0 Å². The van der Waals surface area contributed by atoms with Crippen LogP contribution >= 0.6 is 0 Å². The number of β-amino-alcohol motifs (C(OH)–C–C–N with tert-alkyl or cyclic N) is 1. The summed E-state index contributed by atoms with van der Waals surface area (Å²) in [7, 11) is 0. The number of nitrogens with one attached hydrogen (secondary N) is 1. The average molecular weight is 270 g/mol. The molecule has 3 atom stereocenters. The van der Waals surface area contributed by atoms with E-state index in [0.717, 1.165) is 45.4 Å². The molecule has 2 aliphatic rings. The molecule has 0 bridgehead atoms. The van der Waals surface area contributed by atoms with Crippen LogP contribution in [0.15, 0.2) is 0 Å². The summed E-state index contributed by atoms with van der Waals surface area (Å²) in [5.41, 5.74) is 0. The van der Waals surface area contributed by atoms with E-state index in [0.29, 0.717) is 5.92 Å². The molecule has 110 valence electrons. The van der Waals surface area contributed by atoms with Crippen LogP contribution < -0.4 is 5.32 Å². The predicted octanol–water partition coefficient (Wildman–Crippen LogP) is 0.373. The molecule has 0 aromatic rings. The van der Waals surface area contributed by atoms with Crippen molar-refractivity contribution in [3.63, 3.8) is 0 Å². The van der Waals surface area contributed by atoms with Gasteiger partial charge in [0, 0.05) is 13.0 Å². The number of carbonyl (C=O) groups excluding carboxylic acids is 1. The zero-order valence-corrected chi connectivity index (χ0v) is 12.0. The molecular weight excluding hydrogens is 244 g/mol. The van der Waals surface area contributed by atoms with Crippen molar-refractivity contribution in [2.75, 3.05) is 26.2 Å². The van der Waals surface area contributed by atoms with Crippen molar-refractivity contribution in [3.8, 4) is 0 Å². The highest BCUT2D eigenvalue weighted by atomic mass is 16.6. The fourth-order valence-electron chi connectivity index (χ4n) is 2.98. The Labute approximate surface area is 115 Å².